The third-order valence-corrected chi connectivity index (χ3v) is 5.18. The topological polar surface area (TPSA) is 75.9 Å². The van der Waals surface area contributed by atoms with Gasteiger partial charge in [-0.3, -0.25) is 19.8 Å². The van der Waals surface area contributed by atoms with E-state index in [0.29, 0.717) is 25.3 Å². The third kappa shape index (κ3) is 5.98. The van der Waals surface area contributed by atoms with Crippen molar-refractivity contribution in [1.29, 1.82) is 0 Å². The number of nitro groups is 1. The molecule has 0 aliphatic carbocycles. The average Bonchev–Trinajstić information content (AvgIpc) is 2.77. The van der Waals surface area contributed by atoms with Crippen molar-refractivity contribution >= 4 is 17.7 Å². The van der Waals surface area contributed by atoms with Crippen LogP contribution in [0.5, 0.6) is 0 Å². The largest absolute Gasteiger partial charge is 0.379 e. The summed E-state index contributed by atoms with van der Waals surface area (Å²) in [6.07, 6.45) is 2.96. The molecule has 1 fully saturated rings. The molecule has 7 nitrogen and oxygen atoms in total. The second-order valence-electron chi connectivity index (χ2n) is 7.36. The minimum absolute atomic E-state index is 0.0162. The summed E-state index contributed by atoms with van der Waals surface area (Å²) < 4.78 is 5.41. The maximum Gasteiger partial charge on any atom is 0.276 e. The molecule has 1 aliphatic heterocycles. The molecule has 0 spiro atoms. The van der Waals surface area contributed by atoms with E-state index < -0.39 is 4.92 Å². The molecule has 2 aromatic carbocycles. The van der Waals surface area contributed by atoms with Gasteiger partial charge >= 0.3 is 0 Å². The summed E-state index contributed by atoms with van der Waals surface area (Å²) in [4.78, 5) is 28.0. The molecular formula is C23H27N3O4. The van der Waals surface area contributed by atoms with E-state index in [-0.39, 0.29) is 17.6 Å². The Labute approximate surface area is 176 Å². The summed E-state index contributed by atoms with van der Waals surface area (Å²) in [6, 6.07) is 16.2. The highest BCUT2D eigenvalue weighted by atomic mass is 16.6. The van der Waals surface area contributed by atoms with Crippen LogP contribution in [0.15, 0.2) is 60.7 Å². The standard InChI is InChI=1S/C23H27N3O4/c1-19(17-24-13-15-30-16-14-24)25(18-20-7-3-2-4-8-20)23(27)12-11-21-9-5-6-10-22(21)26(28)29/h2-12,19H,13-18H2,1H3/b12-11+. The van der Waals surface area contributed by atoms with Gasteiger partial charge in [-0.15, -0.1) is 0 Å². The molecule has 0 saturated carbocycles. The van der Waals surface area contributed by atoms with Crippen molar-refractivity contribution in [3.63, 3.8) is 0 Å². The van der Waals surface area contributed by atoms with E-state index in [4.69, 9.17) is 4.74 Å². The molecule has 0 bridgehead atoms. The number of benzene rings is 2. The molecule has 1 saturated heterocycles. The van der Waals surface area contributed by atoms with Crippen LogP contribution in [0.1, 0.15) is 18.1 Å². The van der Waals surface area contributed by atoms with E-state index >= 15 is 0 Å². The summed E-state index contributed by atoms with van der Waals surface area (Å²) in [5, 5.41) is 11.2. The summed E-state index contributed by atoms with van der Waals surface area (Å²) in [5.74, 6) is -0.169. The first kappa shape index (κ1) is 21.7. The molecule has 0 N–H and O–H groups in total. The Hall–Kier alpha value is -3.03. The Morgan fingerprint density at radius 2 is 1.83 bits per heavy atom. The Morgan fingerprint density at radius 1 is 1.17 bits per heavy atom. The number of nitrogens with zero attached hydrogens (tertiary/aromatic N) is 3. The van der Waals surface area contributed by atoms with E-state index in [1.807, 2.05) is 42.2 Å². The molecule has 7 heteroatoms. The van der Waals surface area contributed by atoms with Gasteiger partial charge in [0.15, 0.2) is 0 Å². The SMILES string of the molecule is CC(CN1CCOCC1)N(Cc1ccccc1)C(=O)/C=C/c1ccccc1[N+](=O)[O-]. The minimum atomic E-state index is -0.438. The fourth-order valence-electron chi connectivity index (χ4n) is 3.54. The molecule has 1 aliphatic rings. The van der Waals surface area contributed by atoms with Crippen LogP contribution in [0.2, 0.25) is 0 Å². The van der Waals surface area contributed by atoms with Gasteiger partial charge in [0.1, 0.15) is 0 Å². The molecule has 1 atom stereocenters. The monoisotopic (exact) mass is 409 g/mol. The lowest BCUT2D eigenvalue weighted by atomic mass is 10.1. The van der Waals surface area contributed by atoms with Crippen LogP contribution in [0.3, 0.4) is 0 Å². The molecule has 1 heterocycles. The van der Waals surface area contributed by atoms with E-state index in [9.17, 15) is 14.9 Å². The first-order valence-electron chi connectivity index (χ1n) is 10.1. The van der Waals surface area contributed by atoms with Crippen molar-refractivity contribution < 1.29 is 14.5 Å². The zero-order valence-electron chi connectivity index (χ0n) is 17.1. The van der Waals surface area contributed by atoms with Crippen LogP contribution >= 0.6 is 0 Å². The number of para-hydroxylation sites is 1. The zero-order valence-corrected chi connectivity index (χ0v) is 17.1. The normalized spacial score (nSPS) is 15.8. The van der Waals surface area contributed by atoms with Crippen molar-refractivity contribution in [2.24, 2.45) is 0 Å². The summed E-state index contributed by atoms with van der Waals surface area (Å²) in [5.41, 5.74) is 1.44. The molecule has 0 aromatic heterocycles. The van der Waals surface area contributed by atoms with Crippen molar-refractivity contribution in [3.05, 3.63) is 81.9 Å². The van der Waals surface area contributed by atoms with Crippen LogP contribution < -0.4 is 0 Å². The molecule has 3 rings (SSSR count). The van der Waals surface area contributed by atoms with Crippen LogP contribution in [0.25, 0.3) is 6.08 Å². The van der Waals surface area contributed by atoms with Crippen LogP contribution in [0.4, 0.5) is 5.69 Å². The highest BCUT2D eigenvalue weighted by Gasteiger charge is 2.22. The molecule has 2 aromatic rings. The maximum absolute atomic E-state index is 13.1. The quantitative estimate of drug-likeness (QED) is 0.380. The van der Waals surface area contributed by atoms with Crippen molar-refractivity contribution in [3.8, 4) is 0 Å². The lowest BCUT2D eigenvalue weighted by molar-refractivity contribution is -0.385. The fraction of sp³-hybridized carbons (Fsp3) is 0.348. The van der Waals surface area contributed by atoms with Crippen LogP contribution in [-0.2, 0) is 16.1 Å². The molecule has 158 valence electrons. The van der Waals surface area contributed by atoms with Gasteiger partial charge in [0.2, 0.25) is 5.91 Å². The van der Waals surface area contributed by atoms with Gasteiger partial charge in [-0.2, -0.15) is 0 Å². The second-order valence-corrected chi connectivity index (χ2v) is 7.36. The predicted octanol–water partition coefficient (Wildman–Crippen LogP) is 3.36. The van der Waals surface area contributed by atoms with Crippen LogP contribution in [-0.4, -0.2) is 59.5 Å². The third-order valence-electron chi connectivity index (χ3n) is 5.18. The first-order chi connectivity index (χ1) is 14.5. The summed E-state index contributed by atoms with van der Waals surface area (Å²) in [6.45, 7) is 6.38. The number of carbonyl (C=O) groups is 1. The van der Waals surface area contributed by atoms with Gasteiger partial charge in [0.25, 0.3) is 5.69 Å². The Kier molecular flexibility index (Phi) is 7.70. The minimum Gasteiger partial charge on any atom is -0.379 e. The maximum atomic E-state index is 13.1. The average molecular weight is 409 g/mol. The smallest absolute Gasteiger partial charge is 0.276 e. The number of ether oxygens (including phenoxy) is 1. The summed E-state index contributed by atoms with van der Waals surface area (Å²) >= 11 is 0. The molecular weight excluding hydrogens is 382 g/mol. The van der Waals surface area contributed by atoms with Gasteiger partial charge in [0, 0.05) is 44.4 Å². The van der Waals surface area contributed by atoms with Gasteiger partial charge < -0.3 is 9.64 Å². The van der Waals surface area contributed by atoms with Crippen molar-refractivity contribution in [2.45, 2.75) is 19.5 Å². The summed E-state index contributed by atoms with van der Waals surface area (Å²) in [7, 11) is 0. The zero-order chi connectivity index (χ0) is 21.3. The highest BCUT2D eigenvalue weighted by molar-refractivity contribution is 5.92. The number of morpholine rings is 1. The number of hydrogen-bond donors (Lipinski definition) is 0. The van der Waals surface area contributed by atoms with Gasteiger partial charge in [0.05, 0.1) is 23.7 Å². The lowest BCUT2D eigenvalue weighted by Crippen LogP contribution is -2.47. The van der Waals surface area contributed by atoms with Gasteiger partial charge in [-0.1, -0.05) is 42.5 Å². The molecule has 1 amide bonds. The second kappa shape index (κ2) is 10.7. The Morgan fingerprint density at radius 3 is 2.53 bits per heavy atom. The molecule has 0 radical (unpaired) electrons. The van der Waals surface area contributed by atoms with E-state index in [1.54, 1.807) is 18.2 Å². The van der Waals surface area contributed by atoms with Crippen molar-refractivity contribution in [2.75, 3.05) is 32.8 Å². The fourth-order valence-corrected chi connectivity index (χ4v) is 3.54. The lowest BCUT2D eigenvalue weighted by Gasteiger charge is -2.34. The van der Waals surface area contributed by atoms with Crippen molar-refractivity contribution in [1.82, 2.24) is 9.80 Å². The number of carbonyl (C=O) groups excluding carboxylic acids is 1. The van der Waals surface area contributed by atoms with E-state index in [1.165, 1.54) is 18.2 Å². The van der Waals surface area contributed by atoms with Gasteiger partial charge in [-0.05, 0) is 24.6 Å². The molecule has 30 heavy (non-hydrogen) atoms. The van der Waals surface area contributed by atoms with Crippen LogP contribution in [0, 0.1) is 10.1 Å². The number of hydrogen-bond acceptors (Lipinski definition) is 5. The molecule has 1 unspecified atom stereocenters. The Balaban J connectivity index is 1.78. The highest BCUT2D eigenvalue weighted by Crippen LogP contribution is 2.19. The Bertz CT molecular complexity index is 879. The number of amides is 1. The van der Waals surface area contributed by atoms with E-state index in [2.05, 4.69) is 4.90 Å². The first-order valence-corrected chi connectivity index (χ1v) is 10.1. The predicted molar refractivity (Wildman–Crippen MR) is 116 cm³/mol. The van der Waals surface area contributed by atoms with Gasteiger partial charge in [-0.25, -0.2) is 0 Å². The van der Waals surface area contributed by atoms with E-state index in [0.717, 1.165) is 25.2 Å². The number of rotatable bonds is 8. The number of nitro benzene ring substituents is 1.